The first-order valence-electron chi connectivity index (χ1n) is 6.04. The Bertz CT molecular complexity index is 333. The van der Waals surface area contributed by atoms with E-state index in [2.05, 4.69) is 21.0 Å². The van der Waals surface area contributed by atoms with Crippen LogP contribution in [0.2, 0.25) is 0 Å². The summed E-state index contributed by atoms with van der Waals surface area (Å²) in [6.45, 7) is 0.797. The second kappa shape index (κ2) is 5.68. The highest BCUT2D eigenvalue weighted by molar-refractivity contribution is 7.98. The summed E-state index contributed by atoms with van der Waals surface area (Å²) in [5.41, 5.74) is 5.49. The van der Waals surface area contributed by atoms with Gasteiger partial charge in [0.1, 0.15) is 5.82 Å². The fourth-order valence-electron chi connectivity index (χ4n) is 1.92. The third kappa shape index (κ3) is 2.77. The molecule has 1 heterocycles. The number of aryl methyl sites for hydroxylation is 1. The molecule has 0 spiro atoms. The molecule has 2 rings (SSSR count). The van der Waals surface area contributed by atoms with Crippen molar-refractivity contribution in [3.05, 3.63) is 5.82 Å². The van der Waals surface area contributed by atoms with Crippen molar-refractivity contribution in [3.63, 3.8) is 0 Å². The number of hydrogen-bond acceptors (Lipinski definition) is 4. The van der Waals surface area contributed by atoms with Crippen molar-refractivity contribution in [2.24, 2.45) is 5.73 Å². The average molecular weight is 240 g/mol. The summed E-state index contributed by atoms with van der Waals surface area (Å²) in [5, 5.41) is 9.63. The quantitative estimate of drug-likeness (QED) is 0.585. The third-order valence-corrected chi connectivity index (χ3v) is 3.58. The van der Waals surface area contributed by atoms with E-state index in [-0.39, 0.29) is 0 Å². The van der Waals surface area contributed by atoms with Crippen LogP contribution >= 0.6 is 11.8 Å². The van der Waals surface area contributed by atoms with Gasteiger partial charge < -0.3 is 10.3 Å². The lowest BCUT2D eigenvalue weighted by Crippen LogP contribution is -2.04. The van der Waals surface area contributed by atoms with Crippen molar-refractivity contribution in [2.45, 2.75) is 49.7 Å². The Balaban J connectivity index is 1.94. The van der Waals surface area contributed by atoms with Gasteiger partial charge in [0, 0.05) is 12.5 Å². The van der Waals surface area contributed by atoms with Gasteiger partial charge in [-0.1, -0.05) is 18.2 Å². The van der Waals surface area contributed by atoms with Crippen LogP contribution in [0.3, 0.4) is 0 Å². The highest BCUT2D eigenvalue weighted by atomic mass is 32.2. The predicted molar refractivity (Wildman–Crippen MR) is 66.7 cm³/mol. The van der Waals surface area contributed by atoms with Crippen LogP contribution in [0.1, 0.15) is 44.0 Å². The molecule has 4 nitrogen and oxygen atoms in total. The van der Waals surface area contributed by atoms with Gasteiger partial charge in [-0.2, -0.15) is 0 Å². The Morgan fingerprint density at radius 2 is 2.12 bits per heavy atom. The first-order chi connectivity index (χ1) is 7.86. The molecule has 1 aliphatic rings. The zero-order chi connectivity index (χ0) is 11.4. The Labute approximate surface area is 101 Å². The van der Waals surface area contributed by atoms with Gasteiger partial charge in [-0.25, -0.2) is 0 Å². The van der Waals surface area contributed by atoms with E-state index in [4.69, 9.17) is 5.73 Å². The van der Waals surface area contributed by atoms with Crippen LogP contribution in [0, 0.1) is 0 Å². The van der Waals surface area contributed by atoms with Crippen LogP contribution < -0.4 is 5.73 Å². The van der Waals surface area contributed by atoms with Gasteiger partial charge in [0.15, 0.2) is 5.16 Å². The van der Waals surface area contributed by atoms with Gasteiger partial charge in [-0.3, -0.25) is 0 Å². The van der Waals surface area contributed by atoms with Crippen LogP contribution in [0.5, 0.6) is 0 Å². The van der Waals surface area contributed by atoms with E-state index in [1.165, 1.54) is 31.5 Å². The molecule has 5 heteroatoms. The predicted octanol–water partition coefficient (Wildman–Crippen LogP) is 2.01. The molecule has 1 aromatic heterocycles. The monoisotopic (exact) mass is 240 g/mol. The number of nitrogens with two attached hydrogens (primary N) is 1. The van der Waals surface area contributed by atoms with Crippen LogP contribution in [0.4, 0.5) is 0 Å². The normalized spacial score (nSPS) is 15.6. The standard InChI is InChI=1S/C11H20N4S/c1-16-11-14-13-10(5-3-2-4-8-12)15(11)9-6-7-9/h9H,2-8,12H2,1H3. The Morgan fingerprint density at radius 1 is 1.31 bits per heavy atom. The minimum absolute atomic E-state index is 0.682. The van der Waals surface area contributed by atoms with E-state index in [0.717, 1.165) is 24.5 Å². The molecule has 0 aliphatic heterocycles. The molecule has 1 saturated carbocycles. The summed E-state index contributed by atoms with van der Waals surface area (Å²) in [6.07, 6.45) is 9.19. The number of thioether (sulfide) groups is 1. The van der Waals surface area contributed by atoms with Gasteiger partial charge in [0.2, 0.25) is 0 Å². The van der Waals surface area contributed by atoms with Crippen LogP contribution in [-0.4, -0.2) is 27.6 Å². The SMILES string of the molecule is CSc1nnc(CCCCCN)n1C1CC1. The molecule has 1 fully saturated rings. The molecular formula is C11H20N4S. The maximum atomic E-state index is 5.49. The van der Waals surface area contributed by atoms with Crippen molar-refractivity contribution in [3.8, 4) is 0 Å². The lowest BCUT2D eigenvalue weighted by Gasteiger charge is -2.06. The molecule has 0 bridgehead atoms. The fraction of sp³-hybridized carbons (Fsp3) is 0.818. The molecule has 0 amide bonds. The smallest absolute Gasteiger partial charge is 0.191 e. The zero-order valence-electron chi connectivity index (χ0n) is 9.85. The van der Waals surface area contributed by atoms with Crippen molar-refractivity contribution < 1.29 is 0 Å². The molecule has 90 valence electrons. The van der Waals surface area contributed by atoms with Crippen LogP contribution in [0.15, 0.2) is 5.16 Å². The third-order valence-electron chi connectivity index (χ3n) is 2.93. The lowest BCUT2D eigenvalue weighted by atomic mass is 10.2. The summed E-state index contributed by atoms with van der Waals surface area (Å²) in [4.78, 5) is 0. The number of rotatable bonds is 7. The molecule has 0 aromatic carbocycles. The van der Waals surface area contributed by atoms with E-state index >= 15 is 0 Å². The fourth-order valence-corrected chi connectivity index (χ4v) is 2.49. The number of nitrogens with zero attached hydrogens (tertiary/aromatic N) is 3. The van der Waals surface area contributed by atoms with Crippen LogP contribution in [-0.2, 0) is 6.42 Å². The summed E-state index contributed by atoms with van der Waals surface area (Å²) in [7, 11) is 0. The van der Waals surface area contributed by atoms with Gasteiger partial charge >= 0.3 is 0 Å². The first-order valence-corrected chi connectivity index (χ1v) is 7.27. The zero-order valence-corrected chi connectivity index (χ0v) is 10.7. The Kier molecular flexibility index (Phi) is 4.23. The summed E-state index contributed by atoms with van der Waals surface area (Å²) in [6, 6.07) is 0.682. The molecule has 1 aliphatic carbocycles. The minimum Gasteiger partial charge on any atom is -0.330 e. The molecule has 0 radical (unpaired) electrons. The van der Waals surface area contributed by atoms with Crippen molar-refractivity contribution in [2.75, 3.05) is 12.8 Å². The molecule has 0 atom stereocenters. The highest BCUT2D eigenvalue weighted by Crippen LogP contribution is 2.38. The van der Waals surface area contributed by atoms with Crippen molar-refractivity contribution in [1.29, 1.82) is 0 Å². The molecular weight excluding hydrogens is 220 g/mol. The number of hydrogen-bond donors (Lipinski definition) is 1. The van der Waals surface area contributed by atoms with Crippen molar-refractivity contribution >= 4 is 11.8 Å². The summed E-state index contributed by atoms with van der Waals surface area (Å²) in [5.74, 6) is 1.17. The van der Waals surface area contributed by atoms with Gasteiger partial charge in [-0.05, 0) is 38.5 Å². The lowest BCUT2D eigenvalue weighted by molar-refractivity contribution is 0.596. The molecule has 16 heavy (non-hydrogen) atoms. The maximum Gasteiger partial charge on any atom is 0.191 e. The number of unbranched alkanes of at least 4 members (excludes halogenated alkanes) is 2. The molecule has 2 N–H and O–H groups in total. The largest absolute Gasteiger partial charge is 0.330 e. The topological polar surface area (TPSA) is 56.7 Å². The molecule has 1 aromatic rings. The Morgan fingerprint density at radius 3 is 2.75 bits per heavy atom. The van der Waals surface area contributed by atoms with Gasteiger partial charge in [0.05, 0.1) is 0 Å². The minimum atomic E-state index is 0.682. The first kappa shape index (κ1) is 11.9. The van der Waals surface area contributed by atoms with Gasteiger partial charge in [0.25, 0.3) is 0 Å². The number of aromatic nitrogens is 3. The van der Waals surface area contributed by atoms with E-state index in [9.17, 15) is 0 Å². The van der Waals surface area contributed by atoms with Crippen LogP contribution in [0.25, 0.3) is 0 Å². The molecule has 0 saturated heterocycles. The van der Waals surface area contributed by atoms with Gasteiger partial charge in [-0.15, -0.1) is 10.2 Å². The average Bonchev–Trinajstić information content (AvgIpc) is 3.06. The second-order valence-corrected chi connectivity index (χ2v) is 5.08. The summed E-state index contributed by atoms with van der Waals surface area (Å²) < 4.78 is 2.34. The van der Waals surface area contributed by atoms with E-state index < -0.39 is 0 Å². The second-order valence-electron chi connectivity index (χ2n) is 4.30. The summed E-state index contributed by atoms with van der Waals surface area (Å²) >= 11 is 1.70. The van der Waals surface area contributed by atoms with E-state index in [1.54, 1.807) is 11.8 Å². The van der Waals surface area contributed by atoms with Crippen molar-refractivity contribution in [1.82, 2.24) is 14.8 Å². The van der Waals surface area contributed by atoms with E-state index in [0.29, 0.717) is 6.04 Å². The van der Waals surface area contributed by atoms with E-state index in [1.807, 2.05) is 0 Å². The highest BCUT2D eigenvalue weighted by Gasteiger charge is 2.28. The molecule has 0 unspecified atom stereocenters. The maximum absolute atomic E-state index is 5.49. The Hall–Kier alpha value is -0.550.